The lowest BCUT2D eigenvalue weighted by atomic mass is 9.52. The summed E-state index contributed by atoms with van der Waals surface area (Å²) in [7, 11) is 0. The van der Waals surface area contributed by atoms with Gasteiger partial charge >= 0.3 is 0 Å². The van der Waals surface area contributed by atoms with Crippen LogP contribution in [0.4, 0.5) is 0 Å². The van der Waals surface area contributed by atoms with E-state index in [4.69, 9.17) is 9.15 Å². The van der Waals surface area contributed by atoms with Crippen molar-refractivity contribution in [3.8, 4) is 5.75 Å². The van der Waals surface area contributed by atoms with Crippen molar-refractivity contribution < 1.29 is 18.7 Å². The molecule has 6 heteroatoms. The Morgan fingerprint density at radius 2 is 2.10 bits per heavy atom. The Hall–Kier alpha value is -2.76. The molecule has 2 heterocycles. The molecule has 1 aromatic carbocycles. The van der Waals surface area contributed by atoms with Crippen LogP contribution in [0.5, 0.6) is 5.75 Å². The zero-order chi connectivity index (χ0) is 20.2. The monoisotopic (exact) mass is 394 g/mol. The number of rotatable bonds is 3. The van der Waals surface area contributed by atoms with E-state index in [-0.39, 0.29) is 29.1 Å². The van der Waals surface area contributed by atoms with Crippen LogP contribution in [0.1, 0.15) is 54.5 Å². The van der Waals surface area contributed by atoms with Crippen LogP contribution in [0, 0.1) is 24.2 Å². The molecule has 2 amide bonds. The molecule has 2 aromatic rings. The molecule has 0 unspecified atom stereocenters. The third kappa shape index (κ3) is 2.93. The Bertz CT molecular complexity index is 983. The number of nitrogens with one attached hydrogen (secondary N) is 2. The quantitative estimate of drug-likeness (QED) is 0.834. The zero-order valence-corrected chi connectivity index (χ0v) is 16.8. The highest BCUT2D eigenvalue weighted by atomic mass is 16.5. The summed E-state index contributed by atoms with van der Waals surface area (Å²) in [6.45, 7) is 4.44. The van der Waals surface area contributed by atoms with Gasteiger partial charge in [-0.3, -0.25) is 9.59 Å². The number of furan rings is 1. The molecule has 2 N–H and O–H groups in total. The van der Waals surface area contributed by atoms with Crippen LogP contribution >= 0.6 is 0 Å². The lowest BCUT2D eigenvalue weighted by molar-refractivity contribution is -0.167. The molecule has 152 valence electrons. The van der Waals surface area contributed by atoms with Gasteiger partial charge in [-0.2, -0.15) is 0 Å². The third-order valence-corrected chi connectivity index (χ3v) is 7.05. The van der Waals surface area contributed by atoms with Crippen molar-refractivity contribution in [2.24, 2.45) is 17.3 Å². The maximum Gasteiger partial charge on any atom is 0.258 e. The smallest absolute Gasteiger partial charge is 0.258 e. The number of ether oxygens (including phenoxy) is 1. The van der Waals surface area contributed by atoms with Gasteiger partial charge in [-0.15, -0.1) is 0 Å². The Morgan fingerprint density at radius 3 is 2.86 bits per heavy atom. The molecular weight excluding hydrogens is 368 g/mol. The fourth-order valence-electron chi connectivity index (χ4n) is 5.54. The van der Waals surface area contributed by atoms with Crippen LogP contribution in [-0.2, 0) is 11.3 Å². The van der Waals surface area contributed by atoms with Gasteiger partial charge in [0.25, 0.3) is 5.91 Å². The van der Waals surface area contributed by atoms with Crippen molar-refractivity contribution in [1.82, 2.24) is 10.6 Å². The number of carbonyl (C=O) groups excluding carboxylic acids is 2. The number of hydrogen-bond donors (Lipinski definition) is 2. The van der Waals surface area contributed by atoms with E-state index < -0.39 is 5.72 Å². The normalized spacial score (nSPS) is 32.4. The number of aryl methyl sites for hydroxylation is 1. The second kappa shape index (κ2) is 6.37. The molecular formula is C23H26N2O4. The molecule has 3 aliphatic carbocycles. The minimum atomic E-state index is -0.715. The molecule has 6 nitrogen and oxygen atoms in total. The van der Waals surface area contributed by atoms with Gasteiger partial charge in [0, 0.05) is 18.3 Å². The summed E-state index contributed by atoms with van der Waals surface area (Å²) in [5.74, 6) is 2.23. The van der Waals surface area contributed by atoms with Crippen LogP contribution in [0.25, 0.3) is 0 Å². The molecule has 1 spiro atoms. The zero-order valence-electron chi connectivity index (χ0n) is 16.8. The lowest BCUT2D eigenvalue weighted by Gasteiger charge is -2.59. The predicted molar refractivity (Wildman–Crippen MR) is 106 cm³/mol. The summed E-state index contributed by atoms with van der Waals surface area (Å²) in [6.07, 6.45) is 3.25. The van der Waals surface area contributed by atoms with E-state index in [0.717, 1.165) is 24.4 Å². The highest BCUT2D eigenvalue weighted by Crippen LogP contribution is 2.58. The van der Waals surface area contributed by atoms with Gasteiger partial charge in [0.1, 0.15) is 17.3 Å². The summed E-state index contributed by atoms with van der Waals surface area (Å²) in [5, 5.41) is 6.20. The number of benzene rings is 1. The van der Waals surface area contributed by atoms with Crippen LogP contribution in [0.3, 0.4) is 0 Å². The van der Waals surface area contributed by atoms with Gasteiger partial charge < -0.3 is 19.8 Å². The van der Waals surface area contributed by atoms with Crippen LogP contribution < -0.4 is 15.4 Å². The molecule has 0 radical (unpaired) electrons. The first-order chi connectivity index (χ1) is 13.9. The van der Waals surface area contributed by atoms with Crippen molar-refractivity contribution >= 4 is 11.8 Å². The molecule has 2 bridgehead atoms. The molecule has 6 rings (SSSR count). The number of fused-ring (bicyclic) bond motifs is 3. The minimum Gasteiger partial charge on any atom is -0.467 e. The van der Waals surface area contributed by atoms with Gasteiger partial charge in [0.05, 0.1) is 12.1 Å². The summed E-state index contributed by atoms with van der Waals surface area (Å²) in [4.78, 5) is 25.8. The van der Waals surface area contributed by atoms with Gasteiger partial charge in [-0.05, 0) is 55.9 Å². The molecule has 1 aromatic heterocycles. The maximum atomic E-state index is 13.0. The number of para-hydroxylation sites is 1. The Morgan fingerprint density at radius 1 is 1.28 bits per heavy atom. The molecule has 3 saturated carbocycles. The third-order valence-electron chi connectivity index (χ3n) is 7.05. The van der Waals surface area contributed by atoms with E-state index in [2.05, 4.69) is 17.6 Å². The van der Waals surface area contributed by atoms with Gasteiger partial charge in [-0.25, -0.2) is 0 Å². The molecule has 4 atom stereocenters. The average molecular weight is 394 g/mol. The molecule has 4 aliphatic rings. The fourth-order valence-corrected chi connectivity index (χ4v) is 5.54. The van der Waals surface area contributed by atoms with E-state index in [1.54, 1.807) is 6.07 Å². The van der Waals surface area contributed by atoms with E-state index in [1.165, 1.54) is 0 Å². The van der Waals surface area contributed by atoms with Crippen molar-refractivity contribution in [3.05, 3.63) is 53.5 Å². The minimum absolute atomic E-state index is 0.0589. The predicted octanol–water partition coefficient (Wildman–Crippen LogP) is 3.55. The van der Waals surface area contributed by atoms with E-state index >= 15 is 0 Å². The van der Waals surface area contributed by atoms with Gasteiger partial charge in [-0.1, -0.05) is 19.1 Å². The Labute approximate surface area is 170 Å². The van der Waals surface area contributed by atoms with Crippen molar-refractivity contribution in [3.63, 3.8) is 0 Å². The Balaban J connectivity index is 1.35. The molecule has 1 aliphatic heterocycles. The van der Waals surface area contributed by atoms with E-state index in [0.29, 0.717) is 30.7 Å². The van der Waals surface area contributed by atoms with Crippen molar-refractivity contribution in [2.45, 2.75) is 51.8 Å². The summed E-state index contributed by atoms with van der Waals surface area (Å²) in [5.41, 5.74) is -0.363. The first kappa shape index (κ1) is 18.3. The first-order valence-corrected chi connectivity index (χ1v) is 10.3. The Kier molecular flexibility index (Phi) is 4.02. The van der Waals surface area contributed by atoms with Crippen LogP contribution in [0.2, 0.25) is 0 Å². The lowest BCUT2D eigenvalue weighted by Crippen LogP contribution is -2.69. The molecule has 29 heavy (non-hydrogen) atoms. The SMILES string of the molecule is Cc1ccc(CNC(=O)[C@H]2C[C@H]3CC[C@]2(C)C[C@@]32NC(=O)c3ccccc3O2)o1. The summed E-state index contributed by atoms with van der Waals surface area (Å²) >= 11 is 0. The van der Waals surface area contributed by atoms with Crippen LogP contribution in [-0.4, -0.2) is 17.5 Å². The molecule has 0 saturated heterocycles. The average Bonchev–Trinajstić information content (AvgIpc) is 3.11. The molecule has 3 fully saturated rings. The maximum absolute atomic E-state index is 13.0. The highest BCUT2D eigenvalue weighted by Gasteiger charge is 2.61. The number of carbonyl (C=O) groups is 2. The standard InChI is InChI=1S/C23H26N2O4/c1-14-7-8-16(28-14)12-24-21(27)18-11-15-9-10-22(18,2)13-23(15)25-20(26)17-5-3-4-6-19(17)29-23/h3-8,15,18H,9-13H2,1-2H3,(H,24,27)(H,25,26)/t15-,18-,22-,23+/m1/s1. The fraction of sp³-hybridized carbons (Fsp3) is 0.478. The van der Waals surface area contributed by atoms with Crippen LogP contribution in [0.15, 0.2) is 40.8 Å². The second-order valence-electron chi connectivity index (χ2n) is 9.03. The van der Waals surface area contributed by atoms with E-state index in [1.807, 2.05) is 37.3 Å². The van der Waals surface area contributed by atoms with Crippen molar-refractivity contribution in [1.29, 1.82) is 0 Å². The number of amides is 2. The summed E-state index contributed by atoms with van der Waals surface area (Å²) in [6, 6.07) is 11.2. The highest BCUT2D eigenvalue weighted by molar-refractivity contribution is 5.98. The number of hydrogen-bond acceptors (Lipinski definition) is 4. The van der Waals surface area contributed by atoms with E-state index in [9.17, 15) is 9.59 Å². The second-order valence-corrected chi connectivity index (χ2v) is 9.03. The van der Waals surface area contributed by atoms with Gasteiger partial charge in [0.2, 0.25) is 5.91 Å². The van der Waals surface area contributed by atoms with Crippen molar-refractivity contribution in [2.75, 3.05) is 0 Å². The first-order valence-electron chi connectivity index (χ1n) is 10.3. The largest absolute Gasteiger partial charge is 0.467 e. The van der Waals surface area contributed by atoms with Gasteiger partial charge in [0.15, 0.2) is 5.72 Å². The topological polar surface area (TPSA) is 80.6 Å². The summed E-state index contributed by atoms with van der Waals surface area (Å²) < 4.78 is 12.0.